The first-order valence-corrected chi connectivity index (χ1v) is 6.30. The molecule has 1 unspecified atom stereocenters. The molecule has 0 saturated heterocycles. The molecule has 1 heteroatoms. The predicted octanol–water partition coefficient (Wildman–Crippen LogP) is 4.37. The van der Waals surface area contributed by atoms with Crippen LogP contribution in [-0.4, -0.2) is 0 Å². The minimum absolute atomic E-state index is 0.0652. The highest BCUT2D eigenvalue weighted by Crippen LogP contribution is 2.30. The van der Waals surface area contributed by atoms with E-state index in [4.69, 9.17) is 5.26 Å². The zero-order chi connectivity index (χ0) is 12.8. The Hall–Kier alpha value is -2.07. The van der Waals surface area contributed by atoms with E-state index in [9.17, 15) is 0 Å². The molecule has 0 bridgehead atoms. The van der Waals surface area contributed by atoms with Gasteiger partial charge in [0.1, 0.15) is 0 Å². The Morgan fingerprint density at radius 2 is 1.33 bits per heavy atom. The molecule has 0 saturated carbocycles. The van der Waals surface area contributed by atoms with Gasteiger partial charge in [0.05, 0.1) is 6.07 Å². The van der Waals surface area contributed by atoms with Crippen molar-refractivity contribution >= 4 is 0 Å². The summed E-state index contributed by atoms with van der Waals surface area (Å²) in [6, 6.07) is 23.2. The van der Waals surface area contributed by atoms with Gasteiger partial charge in [0.25, 0.3) is 0 Å². The van der Waals surface area contributed by atoms with Crippen LogP contribution in [0.1, 0.15) is 30.4 Å². The van der Waals surface area contributed by atoms with Crippen molar-refractivity contribution in [2.45, 2.75) is 19.3 Å². The molecular weight excluding hydrogens is 218 g/mol. The van der Waals surface area contributed by atoms with Gasteiger partial charge in [-0.25, -0.2) is 0 Å². The summed E-state index contributed by atoms with van der Waals surface area (Å²) in [5.41, 5.74) is 2.57. The highest BCUT2D eigenvalue weighted by molar-refractivity contribution is 5.32. The van der Waals surface area contributed by atoms with Crippen molar-refractivity contribution in [3.63, 3.8) is 0 Å². The molecule has 2 aromatic carbocycles. The van der Waals surface area contributed by atoms with Crippen molar-refractivity contribution in [3.8, 4) is 6.07 Å². The van der Waals surface area contributed by atoms with Crippen molar-refractivity contribution in [3.05, 3.63) is 71.8 Å². The molecule has 1 atom stereocenters. The van der Waals surface area contributed by atoms with Crippen LogP contribution in [0.15, 0.2) is 60.7 Å². The normalized spacial score (nSPS) is 12.1. The summed E-state index contributed by atoms with van der Waals surface area (Å²) in [6.45, 7) is 1.98. The lowest BCUT2D eigenvalue weighted by atomic mass is 9.84. The SMILES string of the molecule is CC(C#N)CC(c1ccccc1)c1ccccc1. The highest BCUT2D eigenvalue weighted by atomic mass is 14.3. The first-order chi connectivity index (χ1) is 8.81. The van der Waals surface area contributed by atoms with Gasteiger partial charge in [-0.15, -0.1) is 0 Å². The van der Waals surface area contributed by atoms with E-state index in [1.54, 1.807) is 0 Å². The Labute approximate surface area is 109 Å². The van der Waals surface area contributed by atoms with Crippen LogP contribution in [0.3, 0.4) is 0 Å². The largest absolute Gasteiger partial charge is 0.198 e. The van der Waals surface area contributed by atoms with E-state index >= 15 is 0 Å². The van der Waals surface area contributed by atoms with E-state index in [0.717, 1.165) is 6.42 Å². The van der Waals surface area contributed by atoms with Crippen LogP contribution >= 0.6 is 0 Å². The number of benzene rings is 2. The molecule has 0 heterocycles. The smallest absolute Gasteiger partial charge is 0.0653 e. The quantitative estimate of drug-likeness (QED) is 0.772. The van der Waals surface area contributed by atoms with E-state index < -0.39 is 0 Å². The van der Waals surface area contributed by atoms with Gasteiger partial charge in [-0.3, -0.25) is 0 Å². The first kappa shape index (κ1) is 12.4. The lowest BCUT2D eigenvalue weighted by Gasteiger charge is -2.19. The lowest BCUT2D eigenvalue weighted by Crippen LogP contribution is -2.05. The molecule has 0 N–H and O–H groups in total. The first-order valence-electron chi connectivity index (χ1n) is 6.30. The van der Waals surface area contributed by atoms with Gasteiger partial charge in [0.2, 0.25) is 0 Å². The highest BCUT2D eigenvalue weighted by Gasteiger charge is 2.16. The molecular formula is C17H17N. The van der Waals surface area contributed by atoms with Crippen LogP contribution < -0.4 is 0 Å². The molecule has 0 spiro atoms. The summed E-state index contributed by atoms with van der Waals surface area (Å²) < 4.78 is 0. The molecule has 0 aromatic heterocycles. The van der Waals surface area contributed by atoms with Crippen LogP contribution in [0, 0.1) is 17.2 Å². The molecule has 0 radical (unpaired) electrons. The van der Waals surface area contributed by atoms with E-state index in [1.807, 2.05) is 19.1 Å². The number of hydrogen-bond acceptors (Lipinski definition) is 1. The average Bonchev–Trinajstić information content (AvgIpc) is 2.46. The van der Waals surface area contributed by atoms with Crippen molar-refractivity contribution < 1.29 is 0 Å². The summed E-state index contributed by atoms with van der Waals surface area (Å²) in [5.74, 6) is 0.373. The maximum absolute atomic E-state index is 9.03. The third-order valence-corrected chi connectivity index (χ3v) is 3.21. The molecule has 0 aliphatic carbocycles. The topological polar surface area (TPSA) is 23.8 Å². The maximum Gasteiger partial charge on any atom is 0.0653 e. The molecule has 2 aromatic rings. The van der Waals surface area contributed by atoms with Gasteiger partial charge >= 0.3 is 0 Å². The number of nitrogens with zero attached hydrogens (tertiary/aromatic N) is 1. The van der Waals surface area contributed by atoms with Crippen LogP contribution in [-0.2, 0) is 0 Å². The van der Waals surface area contributed by atoms with Crippen LogP contribution in [0.4, 0.5) is 0 Å². The van der Waals surface area contributed by atoms with E-state index in [-0.39, 0.29) is 5.92 Å². The van der Waals surface area contributed by atoms with E-state index in [1.165, 1.54) is 11.1 Å². The molecule has 1 nitrogen and oxygen atoms in total. The minimum atomic E-state index is 0.0652. The lowest BCUT2D eigenvalue weighted by molar-refractivity contribution is 0.600. The number of nitriles is 1. The summed E-state index contributed by atoms with van der Waals surface area (Å²) in [7, 11) is 0. The second-order valence-electron chi connectivity index (χ2n) is 4.64. The van der Waals surface area contributed by atoms with Gasteiger partial charge in [-0.2, -0.15) is 5.26 Å². The van der Waals surface area contributed by atoms with Gasteiger partial charge < -0.3 is 0 Å². The Kier molecular flexibility index (Phi) is 4.15. The van der Waals surface area contributed by atoms with Gasteiger partial charge in [-0.1, -0.05) is 60.7 Å². The standard InChI is InChI=1S/C17H17N/c1-14(13-18)12-17(15-8-4-2-5-9-15)16-10-6-3-7-11-16/h2-11,14,17H,12H2,1H3. The molecule has 0 aliphatic rings. The Morgan fingerprint density at radius 1 is 0.889 bits per heavy atom. The van der Waals surface area contributed by atoms with Crippen molar-refractivity contribution in [2.75, 3.05) is 0 Å². The average molecular weight is 235 g/mol. The van der Waals surface area contributed by atoms with Crippen molar-refractivity contribution in [1.29, 1.82) is 5.26 Å². The third-order valence-electron chi connectivity index (χ3n) is 3.21. The van der Waals surface area contributed by atoms with E-state index in [2.05, 4.69) is 54.6 Å². The van der Waals surface area contributed by atoms with Crippen molar-refractivity contribution in [2.24, 2.45) is 5.92 Å². The van der Waals surface area contributed by atoms with Crippen LogP contribution in [0.2, 0.25) is 0 Å². The summed E-state index contributed by atoms with van der Waals surface area (Å²) in [5, 5.41) is 9.03. The number of rotatable bonds is 4. The summed E-state index contributed by atoms with van der Waals surface area (Å²) >= 11 is 0. The van der Waals surface area contributed by atoms with E-state index in [0.29, 0.717) is 5.92 Å². The third kappa shape index (κ3) is 2.99. The molecule has 0 aliphatic heterocycles. The maximum atomic E-state index is 9.03. The second-order valence-corrected chi connectivity index (χ2v) is 4.64. The fourth-order valence-corrected chi connectivity index (χ4v) is 2.24. The van der Waals surface area contributed by atoms with Crippen LogP contribution in [0.25, 0.3) is 0 Å². The van der Waals surface area contributed by atoms with Gasteiger partial charge in [-0.05, 0) is 24.5 Å². The fraction of sp³-hybridized carbons (Fsp3) is 0.235. The van der Waals surface area contributed by atoms with Crippen LogP contribution in [0.5, 0.6) is 0 Å². The second kappa shape index (κ2) is 6.02. The fourth-order valence-electron chi connectivity index (χ4n) is 2.24. The molecule has 18 heavy (non-hydrogen) atoms. The Bertz CT molecular complexity index is 471. The molecule has 0 amide bonds. The van der Waals surface area contributed by atoms with Gasteiger partial charge in [0, 0.05) is 11.8 Å². The number of hydrogen-bond donors (Lipinski definition) is 0. The molecule has 2 rings (SSSR count). The predicted molar refractivity (Wildman–Crippen MR) is 74.1 cm³/mol. The monoisotopic (exact) mass is 235 g/mol. The molecule has 0 fully saturated rings. The summed E-state index contributed by atoms with van der Waals surface area (Å²) in [6.07, 6.45) is 0.866. The minimum Gasteiger partial charge on any atom is -0.198 e. The Morgan fingerprint density at radius 3 is 1.72 bits per heavy atom. The Balaban J connectivity index is 2.33. The van der Waals surface area contributed by atoms with Gasteiger partial charge in [0.15, 0.2) is 0 Å². The molecule has 90 valence electrons. The summed E-state index contributed by atoms with van der Waals surface area (Å²) in [4.78, 5) is 0. The zero-order valence-corrected chi connectivity index (χ0v) is 10.6. The zero-order valence-electron chi connectivity index (χ0n) is 10.6. The van der Waals surface area contributed by atoms with Crippen molar-refractivity contribution in [1.82, 2.24) is 0 Å².